The Balaban J connectivity index is 2.05. The second-order valence-corrected chi connectivity index (χ2v) is 7.02. The molecular formula is C21H24N2O6. The van der Waals surface area contributed by atoms with E-state index in [0.29, 0.717) is 47.7 Å². The van der Waals surface area contributed by atoms with Gasteiger partial charge in [-0.15, -0.1) is 0 Å². The fourth-order valence-corrected chi connectivity index (χ4v) is 3.50. The van der Waals surface area contributed by atoms with Crippen LogP contribution in [-0.2, 0) is 6.42 Å². The maximum atomic E-state index is 13.1. The van der Waals surface area contributed by atoms with Crippen LogP contribution in [0.5, 0.6) is 11.5 Å². The Morgan fingerprint density at radius 2 is 1.86 bits per heavy atom. The summed E-state index contributed by atoms with van der Waals surface area (Å²) >= 11 is 0. The standard InChI is InChI=1S/C21H24N2O6/c1-11-17(18-14(24)7-6-8-15(18)29-11)20(25)22-13-9-12(21(26)23(2)3)10-16(27-4)19(13)28-5/h9-10H,6-8H2,1-5H3,(H,22,25). The van der Waals surface area contributed by atoms with Crippen molar-refractivity contribution in [1.82, 2.24) is 4.90 Å². The fraction of sp³-hybridized carbons (Fsp3) is 0.381. The minimum Gasteiger partial charge on any atom is -0.493 e. The summed E-state index contributed by atoms with van der Waals surface area (Å²) in [6, 6.07) is 3.07. The molecule has 1 aromatic carbocycles. The zero-order valence-corrected chi connectivity index (χ0v) is 17.2. The molecule has 0 unspecified atom stereocenters. The van der Waals surface area contributed by atoms with Gasteiger partial charge in [-0.3, -0.25) is 14.4 Å². The predicted octanol–water partition coefficient (Wildman–Crippen LogP) is 3.08. The van der Waals surface area contributed by atoms with E-state index in [1.54, 1.807) is 27.1 Å². The SMILES string of the molecule is COc1cc(C(=O)N(C)C)cc(NC(=O)c2c(C)oc3c2C(=O)CCC3)c1OC. The number of hydrogen-bond acceptors (Lipinski definition) is 6. The molecule has 0 saturated heterocycles. The molecule has 8 nitrogen and oxygen atoms in total. The molecule has 8 heteroatoms. The molecule has 2 amide bonds. The zero-order valence-electron chi connectivity index (χ0n) is 17.2. The Morgan fingerprint density at radius 1 is 1.14 bits per heavy atom. The third-order valence-electron chi connectivity index (χ3n) is 4.85. The number of ether oxygens (including phenoxy) is 2. The smallest absolute Gasteiger partial charge is 0.260 e. The second kappa shape index (κ2) is 7.98. The summed E-state index contributed by atoms with van der Waals surface area (Å²) in [7, 11) is 6.14. The largest absolute Gasteiger partial charge is 0.493 e. The van der Waals surface area contributed by atoms with Crippen LogP contribution < -0.4 is 14.8 Å². The molecule has 3 rings (SSSR count). The first-order chi connectivity index (χ1) is 13.8. The van der Waals surface area contributed by atoms with Crippen LogP contribution in [-0.4, -0.2) is 50.8 Å². The Labute approximate surface area is 168 Å². The van der Waals surface area contributed by atoms with Crippen LogP contribution in [0.2, 0.25) is 0 Å². The molecule has 1 aliphatic rings. The number of carbonyl (C=O) groups excluding carboxylic acids is 3. The van der Waals surface area contributed by atoms with Crippen LogP contribution in [0, 0.1) is 6.92 Å². The van der Waals surface area contributed by atoms with E-state index in [9.17, 15) is 14.4 Å². The maximum absolute atomic E-state index is 13.1. The van der Waals surface area contributed by atoms with Gasteiger partial charge < -0.3 is 24.1 Å². The number of nitrogens with zero attached hydrogens (tertiary/aromatic N) is 1. The zero-order chi connectivity index (χ0) is 21.3. The molecule has 1 heterocycles. The molecule has 0 aliphatic heterocycles. The Bertz CT molecular complexity index is 990. The third-order valence-corrected chi connectivity index (χ3v) is 4.85. The van der Waals surface area contributed by atoms with Gasteiger partial charge in [-0.1, -0.05) is 0 Å². The molecule has 1 N–H and O–H groups in total. The maximum Gasteiger partial charge on any atom is 0.260 e. The molecule has 0 spiro atoms. The van der Waals surface area contributed by atoms with Gasteiger partial charge in [0.25, 0.3) is 11.8 Å². The number of fused-ring (bicyclic) bond motifs is 1. The average molecular weight is 400 g/mol. The van der Waals surface area contributed by atoms with Crippen molar-refractivity contribution in [1.29, 1.82) is 0 Å². The summed E-state index contributed by atoms with van der Waals surface area (Å²) in [5.41, 5.74) is 1.15. The number of nitrogens with one attached hydrogen (secondary N) is 1. The molecular weight excluding hydrogens is 376 g/mol. The van der Waals surface area contributed by atoms with Gasteiger partial charge in [0.1, 0.15) is 11.5 Å². The highest BCUT2D eigenvalue weighted by molar-refractivity contribution is 6.15. The van der Waals surface area contributed by atoms with Gasteiger partial charge in [-0.05, 0) is 25.5 Å². The highest BCUT2D eigenvalue weighted by Gasteiger charge is 2.31. The van der Waals surface area contributed by atoms with E-state index in [4.69, 9.17) is 13.9 Å². The van der Waals surface area contributed by atoms with Crippen LogP contribution in [0.1, 0.15) is 55.4 Å². The van der Waals surface area contributed by atoms with E-state index >= 15 is 0 Å². The van der Waals surface area contributed by atoms with Crippen LogP contribution in [0.3, 0.4) is 0 Å². The number of carbonyl (C=O) groups is 3. The van der Waals surface area contributed by atoms with E-state index in [-0.39, 0.29) is 28.7 Å². The molecule has 0 bridgehead atoms. The number of benzene rings is 1. The van der Waals surface area contributed by atoms with Crippen molar-refractivity contribution in [3.05, 3.63) is 40.3 Å². The highest BCUT2D eigenvalue weighted by Crippen LogP contribution is 2.38. The van der Waals surface area contributed by atoms with Crippen molar-refractivity contribution >= 4 is 23.3 Å². The number of aryl methyl sites for hydroxylation is 2. The lowest BCUT2D eigenvalue weighted by Crippen LogP contribution is -2.23. The molecule has 0 radical (unpaired) electrons. The van der Waals surface area contributed by atoms with Crippen molar-refractivity contribution in [3.8, 4) is 11.5 Å². The highest BCUT2D eigenvalue weighted by atomic mass is 16.5. The van der Waals surface area contributed by atoms with Crippen molar-refractivity contribution in [3.63, 3.8) is 0 Å². The lowest BCUT2D eigenvalue weighted by atomic mass is 9.93. The number of methoxy groups -OCH3 is 2. The van der Waals surface area contributed by atoms with E-state index in [2.05, 4.69) is 5.32 Å². The summed E-state index contributed by atoms with van der Waals surface area (Å²) in [5.74, 6) is 0.648. The Hall–Kier alpha value is -3.29. The molecule has 0 fully saturated rings. The van der Waals surface area contributed by atoms with Crippen LogP contribution in [0.15, 0.2) is 16.5 Å². The number of amides is 2. The van der Waals surface area contributed by atoms with E-state index in [1.165, 1.54) is 25.2 Å². The number of rotatable bonds is 5. The molecule has 0 atom stereocenters. The molecule has 154 valence electrons. The van der Waals surface area contributed by atoms with Gasteiger partial charge in [0.15, 0.2) is 17.3 Å². The minimum absolute atomic E-state index is 0.102. The first-order valence-electron chi connectivity index (χ1n) is 9.23. The van der Waals surface area contributed by atoms with Crippen molar-refractivity contribution in [2.75, 3.05) is 33.6 Å². The van der Waals surface area contributed by atoms with E-state index < -0.39 is 5.91 Å². The summed E-state index contributed by atoms with van der Waals surface area (Å²) in [5, 5.41) is 2.76. The Kier molecular flexibility index (Phi) is 5.63. The first kappa shape index (κ1) is 20.4. The third kappa shape index (κ3) is 3.70. The summed E-state index contributed by atoms with van der Waals surface area (Å²) in [6.45, 7) is 1.66. The van der Waals surface area contributed by atoms with Crippen molar-refractivity contribution < 1.29 is 28.3 Å². The van der Waals surface area contributed by atoms with Crippen molar-refractivity contribution in [2.45, 2.75) is 26.2 Å². The number of ketones is 1. The summed E-state index contributed by atoms with van der Waals surface area (Å²) < 4.78 is 16.4. The quantitative estimate of drug-likeness (QED) is 0.828. The number of anilines is 1. The number of Topliss-reactive ketones (excluding diaryl/α,β-unsaturated/α-hetero) is 1. The fourth-order valence-electron chi connectivity index (χ4n) is 3.50. The van der Waals surface area contributed by atoms with Gasteiger partial charge >= 0.3 is 0 Å². The van der Waals surface area contributed by atoms with Gasteiger partial charge in [-0.25, -0.2) is 0 Å². The molecule has 1 aromatic heterocycles. The van der Waals surface area contributed by atoms with Crippen LogP contribution in [0.4, 0.5) is 5.69 Å². The number of hydrogen-bond donors (Lipinski definition) is 1. The second-order valence-electron chi connectivity index (χ2n) is 7.02. The van der Waals surface area contributed by atoms with Crippen LogP contribution in [0.25, 0.3) is 0 Å². The summed E-state index contributed by atoms with van der Waals surface area (Å²) in [4.78, 5) is 39.3. The normalized spacial score (nSPS) is 12.9. The molecule has 29 heavy (non-hydrogen) atoms. The van der Waals surface area contributed by atoms with Gasteiger partial charge in [0.2, 0.25) is 0 Å². The van der Waals surface area contributed by atoms with Gasteiger partial charge in [0.05, 0.1) is 31.0 Å². The Morgan fingerprint density at radius 3 is 2.48 bits per heavy atom. The lowest BCUT2D eigenvalue weighted by molar-refractivity contribution is 0.0826. The monoisotopic (exact) mass is 400 g/mol. The van der Waals surface area contributed by atoms with Crippen LogP contribution >= 0.6 is 0 Å². The number of furan rings is 1. The first-order valence-corrected chi connectivity index (χ1v) is 9.23. The van der Waals surface area contributed by atoms with Gasteiger partial charge in [-0.2, -0.15) is 0 Å². The molecule has 2 aromatic rings. The topological polar surface area (TPSA) is 98.1 Å². The average Bonchev–Trinajstić information content (AvgIpc) is 3.03. The minimum atomic E-state index is -0.502. The van der Waals surface area contributed by atoms with Crippen molar-refractivity contribution in [2.24, 2.45) is 0 Å². The summed E-state index contributed by atoms with van der Waals surface area (Å²) in [6.07, 6.45) is 1.72. The van der Waals surface area contributed by atoms with Gasteiger partial charge in [0, 0.05) is 32.5 Å². The van der Waals surface area contributed by atoms with E-state index in [1.807, 2.05) is 0 Å². The lowest BCUT2D eigenvalue weighted by Gasteiger charge is -2.17. The molecule has 0 saturated carbocycles. The predicted molar refractivity (Wildman–Crippen MR) is 106 cm³/mol. The molecule has 1 aliphatic carbocycles. The van der Waals surface area contributed by atoms with E-state index in [0.717, 1.165) is 0 Å².